The van der Waals surface area contributed by atoms with Crippen LogP contribution >= 0.6 is 11.3 Å². The van der Waals surface area contributed by atoms with E-state index in [2.05, 4.69) is 35.4 Å². The Kier molecular flexibility index (Phi) is 2.47. The topological polar surface area (TPSA) is 54.7 Å². The number of thiazole rings is 1. The number of fused-ring (bicyclic) bond motifs is 2. The van der Waals surface area contributed by atoms with Crippen LogP contribution in [0.3, 0.4) is 0 Å². The average molecular weight is 269 g/mol. The van der Waals surface area contributed by atoms with E-state index in [9.17, 15) is 0 Å². The van der Waals surface area contributed by atoms with Crippen LogP contribution in [0, 0.1) is 0 Å². The van der Waals surface area contributed by atoms with Gasteiger partial charge in [0, 0.05) is 33.6 Å². The lowest BCUT2D eigenvalue weighted by atomic mass is 9.99. The number of nitrogens with zero attached hydrogens (tertiary/aromatic N) is 1. The summed E-state index contributed by atoms with van der Waals surface area (Å²) in [6.07, 6.45) is 5.13. The van der Waals surface area contributed by atoms with Gasteiger partial charge in [-0.15, -0.1) is 11.3 Å². The van der Waals surface area contributed by atoms with Crippen molar-refractivity contribution in [2.24, 2.45) is 5.73 Å². The molecule has 0 saturated carbocycles. The van der Waals surface area contributed by atoms with Gasteiger partial charge in [0.1, 0.15) is 5.01 Å². The quantitative estimate of drug-likeness (QED) is 0.713. The van der Waals surface area contributed by atoms with Crippen molar-refractivity contribution in [1.82, 2.24) is 9.97 Å². The van der Waals surface area contributed by atoms with Gasteiger partial charge in [0.2, 0.25) is 0 Å². The molecule has 1 aliphatic rings. The fourth-order valence-corrected chi connectivity index (χ4v) is 4.00. The molecule has 0 radical (unpaired) electrons. The molecule has 4 rings (SSSR count). The standard InChI is InChI=1S/C15H15N3S/c16-9-5-6-13-14(7-9)19-15(18-13)11-8-17-12-4-2-1-3-10(11)12/h1-4,8-9,17H,5-7,16H2. The molecule has 2 heterocycles. The molecule has 3 nitrogen and oxygen atoms in total. The second kappa shape index (κ2) is 4.18. The van der Waals surface area contributed by atoms with Crippen LogP contribution in [0.4, 0.5) is 0 Å². The molecule has 0 saturated heterocycles. The van der Waals surface area contributed by atoms with Crippen LogP contribution in [0.5, 0.6) is 0 Å². The molecule has 4 heteroatoms. The van der Waals surface area contributed by atoms with Gasteiger partial charge in [0.25, 0.3) is 0 Å². The third-order valence-electron chi connectivity index (χ3n) is 3.80. The summed E-state index contributed by atoms with van der Waals surface area (Å²) < 4.78 is 0. The van der Waals surface area contributed by atoms with Crippen molar-refractivity contribution < 1.29 is 0 Å². The van der Waals surface area contributed by atoms with E-state index in [-0.39, 0.29) is 0 Å². The number of hydrogen-bond donors (Lipinski definition) is 2. The highest BCUT2D eigenvalue weighted by Gasteiger charge is 2.21. The number of aryl methyl sites for hydroxylation is 1. The van der Waals surface area contributed by atoms with Crippen LogP contribution in [0.1, 0.15) is 17.0 Å². The average Bonchev–Trinajstić information content (AvgIpc) is 3.00. The summed E-state index contributed by atoms with van der Waals surface area (Å²) in [5.41, 5.74) is 9.68. The molecular weight excluding hydrogens is 254 g/mol. The van der Waals surface area contributed by atoms with Gasteiger partial charge in [-0.1, -0.05) is 18.2 Å². The van der Waals surface area contributed by atoms with Crippen LogP contribution in [0.2, 0.25) is 0 Å². The maximum absolute atomic E-state index is 6.04. The van der Waals surface area contributed by atoms with Crippen LogP contribution < -0.4 is 5.73 Å². The summed E-state index contributed by atoms with van der Waals surface area (Å²) in [7, 11) is 0. The lowest BCUT2D eigenvalue weighted by Gasteiger charge is -2.15. The van der Waals surface area contributed by atoms with E-state index in [1.807, 2.05) is 0 Å². The SMILES string of the molecule is NC1CCc2nc(-c3c[nH]c4ccccc34)sc2C1. The Morgan fingerprint density at radius 3 is 3.16 bits per heavy atom. The second-order valence-electron chi connectivity index (χ2n) is 5.14. The summed E-state index contributed by atoms with van der Waals surface area (Å²) in [4.78, 5) is 9.51. The first-order chi connectivity index (χ1) is 9.31. The summed E-state index contributed by atoms with van der Waals surface area (Å²) in [5, 5.41) is 2.37. The normalized spacial score (nSPS) is 18.7. The predicted molar refractivity (Wildman–Crippen MR) is 79.4 cm³/mol. The summed E-state index contributed by atoms with van der Waals surface area (Å²) in [6.45, 7) is 0. The van der Waals surface area contributed by atoms with Crippen LogP contribution in [0.25, 0.3) is 21.5 Å². The second-order valence-corrected chi connectivity index (χ2v) is 6.22. The zero-order valence-electron chi connectivity index (χ0n) is 10.5. The van der Waals surface area contributed by atoms with Gasteiger partial charge in [-0.25, -0.2) is 4.98 Å². The molecule has 1 aliphatic carbocycles. The molecule has 3 N–H and O–H groups in total. The van der Waals surface area contributed by atoms with E-state index < -0.39 is 0 Å². The molecule has 3 aromatic rings. The highest BCUT2D eigenvalue weighted by molar-refractivity contribution is 7.15. The molecule has 0 spiro atoms. The summed E-state index contributed by atoms with van der Waals surface area (Å²) >= 11 is 1.80. The number of H-pyrrole nitrogens is 1. The van der Waals surface area contributed by atoms with Crippen LogP contribution in [-0.2, 0) is 12.8 Å². The van der Waals surface area contributed by atoms with Gasteiger partial charge >= 0.3 is 0 Å². The minimum atomic E-state index is 0.309. The minimum Gasteiger partial charge on any atom is -0.360 e. The number of nitrogens with two attached hydrogens (primary N) is 1. The first-order valence-electron chi connectivity index (χ1n) is 6.62. The first kappa shape index (κ1) is 11.2. The predicted octanol–water partition coefficient (Wildman–Crippen LogP) is 3.11. The van der Waals surface area contributed by atoms with E-state index in [0.717, 1.165) is 24.3 Å². The molecule has 0 aliphatic heterocycles. The maximum atomic E-state index is 6.04. The molecule has 19 heavy (non-hydrogen) atoms. The number of hydrogen-bond acceptors (Lipinski definition) is 3. The number of aromatic amines is 1. The summed E-state index contributed by atoms with van der Waals surface area (Å²) in [6, 6.07) is 8.68. The number of nitrogens with one attached hydrogen (secondary N) is 1. The Labute approximate surface area is 115 Å². The first-order valence-corrected chi connectivity index (χ1v) is 7.43. The highest BCUT2D eigenvalue weighted by atomic mass is 32.1. The van der Waals surface area contributed by atoms with Crippen molar-refractivity contribution in [2.75, 3.05) is 0 Å². The fraction of sp³-hybridized carbons (Fsp3) is 0.267. The van der Waals surface area contributed by atoms with Crippen molar-refractivity contribution in [3.63, 3.8) is 0 Å². The molecule has 0 bridgehead atoms. The molecule has 2 aromatic heterocycles. The molecule has 0 fully saturated rings. The number of benzene rings is 1. The van der Waals surface area contributed by atoms with Crippen molar-refractivity contribution in [1.29, 1.82) is 0 Å². The minimum absolute atomic E-state index is 0.309. The fourth-order valence-electron chi connectivity index (χ4n) is 2.76. The van der Waals surface area contributed by atoms with E-state index >= 15 is 0 Å². The van der Waals surface area contributed by atoms with E-state index in [1.165, 1.54) is 27.0 Å². The molecule has 1 unspecified atom stereocenters. The van der Waals surface area contributed by atoms with E-state index in [1.54, 1.807) is 11.3 Å². The van der Waals surface area contributed by atoms with Crippen LogP contribution in [0.15, 0.2) is 30.5 Å². The van der Waals surface area contributed by atoms with Gasteiger partial charge in [-0.2, -0.15) is 0 Å². The van der Waals surface area contributed by atoms with Crippen molar-refractivity contribution in [3.05, 3.63) is 41.0 Å². The molecule has 1 aromatic carbocycles. The number of para-hydroxylation sites is 1. The monoisotopic (exact) mass is 269 g/mol. The summed E-state index contributed by atoms with van der Waals surface area (Å²) in [5.74, 6) is 0. The Morgan fingerprint density at radius 2 is 2.21 bits per heavy atom. The molecule has 1 atom stereocenters. The van der Waals surface area contributed by atoms with Gasteiger partial charge in [0.15, 0.2) is 0 Å². The molecule has 0 amide bonds. The number of aromatic nitrogens is 2. The zero-order valence-corrected chi connectivity index (χ0v) is 11.3. The van der Waals surface area contributed by atoms with Crippen molar-refractivity contribution >= 4 is 22.2 Å². The lowest BCUT2D eigenvalue weighted by molar-refractivity contribution is 0.576. The van der Waals surface area contributed by atoms with Gasteiger partial charge in [-0.05, 0) is 25.3 Å². The Morgan fingerprint density at radius 1 is 1.32 bits per heavy atom. The van der Waals surface area contributed by atoms with Crippen molar-refractivity contribution in [3.8, 4) is 10.6 Å². The van der Waals surface area contributed by atoms with E-state index in [0.29, 0.717) is 6.04 Å². The Bertz CT molecular complexity index is 741. The Hall–Kier alpha value is -1.65. The molecule has 96 valence electrons. The van der Waals surface area contributed by atoms with Gasteiger partial charge in [0.05, 0.1) is 5.69 Å². The third-order valence-corrected chi connectivity index (χ3v) is 4.95. The smallest absolute Gasteiger partial charge is 0.126 e. The van der Waals surface area contributed by atoms with E-state index in [4.69, 9.17) is 10.7 Å². The highest BCUT2D eigenvalue weighted by Crippen LogP contribution is 2.35. The molecular formula is C15H15N3S. The van der Waals surface area contributed by atoms with Gasteiger partial charge < -0.3 is 10.7 Å². The van der Waals surface area contributed by atoms with Crippen LogP contribution in [-0.4, -0.2) is 16.0 Å². The van der Waals surface area contributed by atoms with Crippen molar-refractivity contribution in [2.45, 2.75) is 25.3 Å². The number of rotatable bonds is 1. The third kappa shape index (κ3) is 1.79. The largest absolute Gasteiger partial charge is 0.360 e. The van der Waals surface area contributed by atoms with Gasteiger partial charge in [-0.3, -0.25) is 0 Å². The lowest BCUT2D eigenvalue weighted by Crippen LogP contribution is -2.26. The maximum Gasteiger partial charge on any atom is 0.126 e. The zero-order chi connectivity index (χ0) is 12.8. The Balaban J connectivity index is 1.84.